The van der Waals surface area contributed by atoms with Crippen molar-refractivity contribution in [1.29, 1.82) is 0 Å². The number of aliphatic carboxylic acids is 1. The van der Waals surface area contributed by atoms with Crippen molar-refractivity contribution in [3.8, 4) is 0 Å². The second-order valence-electron chi connectivity index (χ2n) is 4.49. The molecule has 0 aliphatic heterocycles. The van der Waals surface area contributed by atoms with Crippen LogP contribution in [-0.4, -0.2) is 17.6 Å². The van der Waals surface area contributed by atoms with Gasteiger partial charge in [-0.25, -0.2) is 8.78 Å². The average molecular weight is 257 g/mol. The molecule has 1 aromatic carbocycles. The average Bonchev–Trinajstić information content (AvgIpc) is 2.27. The number of hydrogen-bond donors (Lipinski definition) is 2. The molecule has 18 heavy (non-hydrogen) atoms. The van der Waals surface area contributed by atoms with Crippen LogP contribution in [0.4, 0.5) is 8.78 Å². The summed E-state index contributed by atoms with van der Waals surface area (Å²) < 4.78 is 26.0. The van der Waals surface area contributed by atoms with Gasteiger partial charge < -0.3 is 10.4 Å². The Kier molecular flexibility index (Phi) is 5.22. The zero-order valence-electron chi connectivity index (χ0n) is 10.4. The third kappa shape index (κ3) is 4.07. The summed E-state index contributed by atoms with van der Waals surface area (Å²) in [6.07, 6.45) is -0.00705. The van der Waals surface area contributed by atoms with E-state index in [4.69, 9.17) is 5.11 Å². The Balaban J connectivity index is 2.77. The largest absolute Gasteiger partial charge is 0.481 e. The summed E-state index contributed by atoms with van der Waals surface area (Å²) in [4.78, 5) is 10.4. The van der Waals surface area contributed by atoms with Crippen LogP contribution in [0.2, 0.25) is 0 Å². The number of carbonyl (C=O) groups is 1. The molecule has 0 fully saturated rings. The Morgan fingerprint density at radius 3 is 2.50 bits per heavy atom. The quantitative estimate of drug-likeness (QED) is 0.823. The van der Waals surface area contributed by atoms with Gasteiger partial charge >= 0.3 is 5.97 Å². The Labute approximate surface area is 105 Å². The highest BCUT2D eigenvalue weighted by molar-refractivity contribution is 5.66. The molecule has 1 unspecified atom stereocenters. The smallest absolute Gasteiger partial charge is 0.304 e. The lowest BCUT2D eigenvalue weighted by molar-refractivity contribution is -0.136. The van der Waals surface area contributed by atoms with Gasteiger partial charge in [0.1, 0.15) is 0 Å². The van der Waals surface area contributed by atoms with E-state index in [0.717, 1.165) is 12.1 Å². The topological polar surface area (TPSA) is 49.3 Å². The summed E-state index contributed by atoms with van der Waals surface area (Å²) in [5.41, 5.74) is 0.620. The van der Waals surface area contributed by atoms with Crippen molar-refractivity contribution in [1.82, 2.24) is 5.32 Å². The highest BCUT2D eigenvalue weighted by atomic mass is 19.2. The third-order valence-corrected chi connectivity index (χ3v) is 2.67. The zero-order chi connectivity index (χ0) is 13.7. The van der Waals surface area contributed by atoms with Gasteiger partial charge in [0, 0.05) is 12.6 Å². The molecule has 3 nitrogen and oxygen atoms in total. The lowest BCUT2D eigenvalue weighted by atomic mass is 9.96. The summed E-state index contributed by atoms with van der Waals surface area (Å²) in [7, 11) is 0. The molecule has 0 aromatic heterocycles. The van der Waals surface area contributed by atoms with Crippen LogP contribution in [0.25, 0.3) is 0 Å². The van der Waals surface area contributed by atoms with Gasteiger partial charge in [0.05, 0.1) is 6.42 Å². The minimum atomic E-state index is -0.893. The van der Waals surface area contributed by atoms with Crippen molar-refractivity contribution in [2.24, 2.45) is 5.92 Å². The molecule has 1 atom stereocenters. The lowest BCUT2D eigenvalue weighted by Crippen LogP contribution is -2.28. The van der Waals surface area contributed by atoms with Crippen molar-refractivity contribution in [3.05, 3.63) is 35.4 Å². The zero-order valence-corrected chi connectivity index (χ0v) is 10.4. The molecule has 100 valence electrons. The Morgan fingerprint density at radius 2 is 2.00 bits per heavy atom. The van der Waals surface area contributed by atoms with Crippen LogP contribution in [0.1, 0.15) is 31.9 Å². The Hall–Kier alpha value is -1.49. The highest BCUT2D eigenvalue weighted by Gasteiger charge is 2.17. The molecule has 2 N–H and O–H groups in total. The second kappa shape index (κ2) is 6.44. The Morgan fingerprint density at radius 1 is 1.33 bits per heavy atom. The van der Waals surface area contributed by atoms with E-state index in [1.807, 2.05) is 13.8 Å². The maximum absolute atomic E-state index is 13.2. The van der Waals surface area contributed by atoms with Crippen LogP contribution >= 0.6 is 0 Å². The van der Waals surface area contributed by atoms with Crippen LogP contribution in [0.15, 0.2) is 18.2 Å². The molecule has 5 heteroatoms. The van der Waals surface area contributed by atoms with Crippen LogP contribution in [0.3, 0.4) is 0 Å². The summed E-state index contributed by atoms with van der Waals surface area (Å²) >= 11 is 0. The first-order valence-corrected chi connectivity index (χ1v) is 5.82. The number of halogens is 2. The summed E-state index contributed by atoms with van der Waals surface area (Å²) in [6, 6.07) is 3.54. The second-order valence-corrected chi connectivity index (χ2v) is 4.49. The first-order valence-electron chi connectivity index (χ1n) is 5.82. The minimum absolute atomic E-state index is 0.00705. The van der Waals surface area contributed by atoms with Crippen molar-refractivity contribution < 1.29 is 18.7 Å². The standard InChI is InChI=1S/C13H17F2NO2/c1-8(2)13(16-6-5-12(17)18)9-3-4-10(14)11(15)7-9/h3-4,7-8,13,16H,5-6H2,1-2H3,(H,17,18). The molecule has 0 saturated carbocycles. The number of carboxylic acid groups (broad SMARTS) is 1. The molecule has 0 spiro atoms. The molecule has 0 amide bonds. The van der Waals surface area contributed by atoms with Crippen LogP contribution in [-0.2, 0) is 4.79 Å². The van der Waals surface area contributed by atoms with Crippen LogP contribution in [0, 0.1) is 17.6 Å². The molecule has 0 radical (unpaired) electrons. The fourth-order valence-electron chi connectivity index (χ4n) is 1.78. The summed E-state index contributed by atoms with van der Waals surface area (Å²) in [5, 5.41) is 11.6. The van der Waals surface area contributed by atoms with Gasteiger partial charge in [-0.15, -0.1) is 0 Å². The molecular weight excluding hydrogens is 240 g/mol. The number of nitrogens with one attached hydrogen (secondary N) is 1. The predicted molar refractivity (Wildman–Crippen MR) is 64.2 cm³/mol. The van der Waals surface area contributed by atoms with Crippen molar-refractivity contribution >= 4 is 5.97 Å². The lowest BCUT2D eigenvalue weighted by Gasteiger charge is -2.22. The van der Waals surface area contributed by atoms with Gasteiger partial charge in [-0.05, 0) is 23.6 Å². The van der Waals surface area contributed by atoms with E-state index in [2.05, 4.69) is 5.32 Å². The predicted octanol–water partition coefficient (Wildman–Crippen LogP) is 2.73. The third-order valence-electron chi connectivity index (χ3n) is 2.67. The normalized spacial score (nSPS) is 12.7. The van der Waals surface area contributed by atoms with Crippen LogP contribution < -0.4 is 5.32 Å². The fraction of sp³-hybridized carbons (Fsp3) is 0.462. The van der Waals surface area contributed by atoms with Gasteiger partial charge in [-0.2, -0.15) is 0 Å². The monoisotopic (exact) mass is 257 g/mol. The molecule has 0 saturated heterocycles. The maximum Gasteiger partial charge on any atom is 0.304 e. The number of carboxylic acids is 1. The molecule has 0 aliphatic rings. The SMILES string of the molecule is CC(C)C(NCCC(=O)O)c1ccc(F)c(F)c1. The first kappa shape index (κ1) is 14.6. The van der Waals surface area contributed by atoms with Gasteiger partial charge in [0.25, 0.3) is 0 Å². The number of benzene rings is 1. The van der Waals surface area contributed by atoms with E-state index in [1.165, 1.54) is 6.07 Å². The Bertz CT molecular complexity index is 421. The van der Waals surface area contributed by atoms with E-state index < -0.39 is 17.6 Å². The molecule has 1 rings (SSSR count). The molecule has 0 aliphatic carbocycles. The highest BCUT2D eigenvalue weighted by Crippen LogP contribution is 2.23. The van der Waals surface area contributed by atoms with Gasteiger partial charge in [0.15, 0.2) is 11.6 Å². The summed E-state index contributed by atoms with van der Waals surface area (Å²) in [5.74, 6) is -2.52. The first-order chi connectivity index (χ1) is 8.41. The molecule has 0 heterocycles. The van der Waals surface area contributed by atoms with E-state index in [9.17, 15) is 13.6 Å². The van der Waals surface area contributed by atoms with Crippen molar-refractivity contribution in [2.75, 3.05) is 6.54 Å². The maximum atomic E-state index is 13.2. The van der Waals surface area contributed by atoms with Crippen LogP contribution in [0.5, 0.6) is 0 Å². The van der Waals surface area contributed by atoms with E-state index >= 15 is 0 Å². The number of rotatable bonds is 6. The number of hydrogen-bond acceptors (Lipinski definition) is 2. The van der Waals surface area contributed by atoms with Crippen molar-refractivity contribution in [2.45, 2.75) is 26.3 Å². The van der Waals surface area contributed by atoms with E-state index in [1.54, 1.807) is 0 Å². The van der Waals surface area contributed by atoms with Crippen molar-refractivity contribution in [3.63, 3.8) is 0 Å². The fourth-order valence-corrected chi connectivity index (χ4v) is 1.78. The molecule has 0 bridgehead atoms. The van der Waals surface area contributed by atoms with E-state index in [0.29, 0.717) is 5.56 Å². The minimum Gasteiger partial charge on any atom is -0.481 e. The summed E-state index contributed by atoms with van der Waals surface area (Å²) in [6.45, 7) is 4.15. The van der Waals surface area contributed by atoms with Gasteiger partial charge in [-0.3, -0.25) is 4.79 Å². The molecular formula is C13H17F2NO2. The molecule has 1 aromatic rings. The van der Waals surface area contributed by atoms with Gasteiger partial charge in [0.2, 0.25) is 0 Å². The van der Waals surface area contributed by atoms with E-state index in [-0.39, 0.29) is 24.9 Å². The van der Waals surface area contributed by atoms with Gasteiger partial charge in [-0.1, -0.05) is 19.9 Å².